The van der Waals surface area contributed by atoms with Crippen molar-refractivity contribution in [3.63, 3.8) is 0 Å². The maximum atomic E-state index is 16.4. The number of fused-ring (bicyclic) bond motifs is 3. The molecule has 1 aromatic heterocycles. The van der Waals surface area contributed by atoms with Crippen molar-refractivity contribution >= 4 is 45.7 Å². The second kappa shape index (κ2) is 10.7. The van der Waals surface area contributed by atoms with Gasteiger partial charge in [0.05, 0.1) is 16.3 Å². The number of nitrogens with zero attached hydrogens (tertiary/aromatic N) is 3. The van der Waals surface area contributed by atoms with Gasteiger partial charge in [0.15, 0.2) is 5.82 Å². The molecule has 3 aliphatic rings. The summed E-state index contributed by atoms with van der Waals surface area (Å²) in [6.45, 7) is 5.35. The lowest BCUT2D eigenvalue weighted by atomic mass is 9.84. The molecule has 42 heavy (non-hydrogen) atoms. The third-order valence-corrected chi connectivity index (χ3v) is 8.90. The fraction of sp³-hybridized carbons (Fsp3) is 0.367. The van der Waals surface area contributed by atoms with Gasteiger partial charge in [-0.1, -0.05) is 24.2 Å². The normalized spacial score (nSPS) is 19.9. The lowest BCUT2D eigenvalue weighted by molar-refractivity contribution is -0.130. The molecular formula is C30H30ClF2N5O4. The first-order valence-electron chi connectivity index (χ1n) is 13.8. The quantitative estimate of drug-likeness (QED) is 0.358. The molecule has 12 heteroatoms. The van der Waals surface area contributed by atoms with E-state index in [0.29, 0.717) is 31.6 Å². The van der Waals surface area contributed by atoms with Gasteiger partial charge in [-0.3, -0.25) is 9.59 Å². The predicted molar refractivity (Wildman–Crippen MR) is 156 cm³/mol. The Bertz CT molecular complexity index is 1610. The molecule has 4 heterocycles. The summed E-state index contributed by atoms with van der Waals surface area (Å²) in [6, 6.07) is 5.21. The summed E-state index contributed by atoms with van der Waals surface area (Å²) in [5.74, 6) is -2.79. The van der Waals surface area contributed by atoms with Crippen LogP contribution in [0.3, 0.4) is 0 Å². The molecule has 9 nitrogen and oxygen atoms in total. The van der Waals surface area contributed by atoms with E-state index in [0.717, 1.165) is 25.5 Å². The molecule has 2 fully saturated rings. The Morgan fingerprint density at radius 2 is 2.02 bits per heavy atom. The summed E-state index contributed by atoms with van der Waals surface area (Å²) < 4.78 is 37.3. The Morgan fingerprint density at radius 3 is 2.69 bits per heavy atom. The SMILES string of the molecule is C=CC(=O)N1CCC2(CC1)Nc1c(c(OCC3CCCN3C)nc3c(F)c(-c4c(O)cccc4F)c(Cl)cc13)NC2=O. The van der Waals surface area contributed by atoms with E-state index in [2.05, 4.69) is 27.1 Å². The van der Waals surface area contributed by atoms with E-state index in [-0.39, 0.29) is 63.1 Å². The van der Waals surface area contributed by atoms with Crippen LogP contribution in [-0.2, 0) is 9.59 Å². The molecule has 2 saturated heterocycles. The molecule has 0 bridgehead atoms. The molecule has 3 aliphatic heterocycles. The van der Waals surface area contributed by atoms with Gasteiger partial charge in [0.25, 0.3) is 0 Å². The number of pyridine rings is 1. The Labute approximate surface area is 246 Å². The zero-order chi connectivity index (χ0) is 29.8. The molecule has 2 aromatic carbocycles. The van der Waals surface area contributed by atoms with Crippen LogP contribution in [0, 0.1) is 11.6 Å². The number of hydrogen-bond acceptors (Lipinski definition) is 7. The number of halogens is 3. The number of benzene rings is 2. The van der Waals surface area contributed by atoms with Crippen LogP contribution < -0.4 is 15.4 Å². The van der Waals surface area contributed by atoms with Crippen LogP contribution in [0.5, 0.6) is 11.6 Å². The maximum absolute atomic E-state index is 16.4. The molecule has 0 aliphatic carbocycles. The number of carbonyl (C=O) groups excluding carboxylic acids is 2. The molecular weight excluding hydrogens is 568 g/mol. The molecule has 1 unspecified atom stereocenters. The summed E-state index contributed by atoms with van der Waals surface area (Å²) in [5.41, 5.74) is -1.35. The van der Waals surface area contributed by atoms with E-state index < -0.39 is 22.9 Å². The summed E-state index contributed by atoms with van der Waals surface area (Å²) >= 11 is 6.56. The Balaban J connectivity index is 1.49. The zero-order valence-electron chi connectivity index (χ0n) is 23.0. The molecule has 6 rings (SSSR count). The van der Waals surface area contributed by atoms with Crippen molar-refractivity contribution in [3.05, 3.63) is 53.6 Å². The number of aromatic hydroxyl groups is 1. The molecule has 220 valence electrons. The highest BCUT2D eigenvalue weighted by atomic mass is 35.5. The van der Waals surface area contributed by atoms with Crippen molar-refractivity contribution in [1.29, 1.82) is 0 Å². The van der Waals surface area contributed by atoms with E-state index >= 15 is 4.39 Å². The van der Waals surface area contributed by atoms with Crippen molar-refractivity contribution in [3.8, 4) is 22.8 Å². The summed E-state index contributed by atoms with van der Waals surface area (Å²) in [7, 11) is 2.00. The number of amides is 2. The minimum absolute atomic E-state index is 0.0118. The van der Waals surface area contributed by atoms with Crippen molar-refractivity contribution in [2.24, 2.45) is 0 Å². The number of aromatic nitrogens is 1. The summed E-state index contributed by atoms with van der Waals surface area (Å²) in [5, 5.41) is 16.8. The van der Waals surface area contributed by atoms with Crippen LogP contribution in [0.1, 0.15) is 25.7 Å². The number of piperidine rings is 1. The van der Waals surface area contributed by atoms with Gasteiger partial charge in [0.1, 0.15) is 34.9 Å². The monoisotopic (exact) mass is 597 g/mol. The van der Waals surface area contributed by atoms with Gasteiger partial charge in [0.2, 0.25) is 17.7 Å². The van der Waals surface area contributed by atoms with Crippen molar-refractivity contribution < 1.29 is 28.2 Å². The minimum Gasteiger partial charge on any atom is -0.507 e. The van der Waals surface area contributed by atoms with Crippen LogP contribution in [0.25, 0.3) is 22.0 Å². The molecule has 2 amide bonds. The second-order valence-corrected chi connectivity index (χ2v) is 11.4. The van der Waals surface area contributed by atoms with E-state index in [1.54, 1.807) is 4.90 Å². The number of phenols is 1. The first-order valence-corrected chi connectivity index (χ1v) is 14.2. The third-order valence-electron chi connectivity index (χ3n) is 8.61. The molecule has 3 N–H and O–H groups in total. The van der Waals surface area contributed by atoms with Gasteiger partial charge in [-0.25, -0.2) is 13.8 Å². The summed E-state index contributed by atoms with van der Waals surface area (Å²) in [6.07, 6.45) is 3.76. The van der Waals surface area contributed by atoms with Gasteiger partial charge < -0.3 is 30.3 Å². The highest BCUT2D eigenvalue weighted by Crippen LogP contribution is 2.48. The van der Waals surface area contributed by atoms with Crippen LogP contribution in [0.15, 0.2) is 36.9 Å². The van der Waals surface area contributed by atoms with E-state index in [9.17, 15) is 19.1 Å². The molecule has 1 spiro atoms. The number of anilines is 2. The number of nitrogens with one attached hydrogen (secondary N) is 2. The maximum Gasteiger partial charge on any atom is 0.250 e. The first kappa shape index (κ1) is 28.2. The van der Waals surface area contributed by atoms with Crippen LogP contribution >= 0.6 is 11.6 Å². The van der Waals surface area contributed by atoms with Crippen LogP contribution in [-0.4, -0.2) is 76.6 Å². The highest BCUT2D eigenvalue weighted by molar-refractivity contribution is 6.35. The second-order valence-electron chi connectivity index (χ2n) is 11.0. The number of likely N-dealkylation sites (N-methyl/N-ethyl adjacent to an activating group) is 1. The van der Waals surface area contributed by atoms with Crippen molar-refractivity contribution in [2.75, 3.05) is 43.9 Å². The lowest BCUT2D eigenvalue weighted by Crippen LogP contribution is -2.59. The molecule has 1 atom stereocenters. The topological polar surface area (TPSA) is 107 Å². The van der Waals surface area contributed by atoms with E-state index in [1.165, 1.54) is 24.3 Å². The lowest BCUT2D eigenvalue weighted by Gasteiger charge is -2.44. The summed E-state index contributed by atoms with van der Waals surface area (Å²) in [4.78, 5) is 34.0. The highest BCUT2D eigenvalue weighted by Gasteiger charge is 2.46. The Kier molecular flexibility index (Phi) is 7.18. The van der Waals surface area contributed by atoms with Crippen LogP contribution in [0.2, 0.25) is 5.02 Å². The number of likely N-dealkylation sites (tertiary alicyclic amines) is 2. The average Bonchev–Trinajstić information content (AvgIpc) is 3.39. The average molecular weight is 598 g/mol. The molecule has 0 radical (unpaired) electrons. The molecule has 0 saturated carbocycles. The van der Waals surface area contributed by atoms with Crippen molar-refractivity contribution in [1.82, 2.24) is 14.8 Å². The third kappa shape index (κ3) is 4.60. The van der Waals surface area contributed by atoms with Crippen LogP contribution in [0.4, 0.5) is 20.2 Å². The minimum atomic E-state index is -1.09. The number of carbonyl (C=O) groups is 2. The zero-order valence-corrected chi connectivity index (χ0v) is 23.7. The fourth-order valence-corrected chi connectivity index (χ4v) is 6.42. The smallest absolute Gasteiger partial charge is 0.250 e. The predicted octanol–water partition coefficient (Wildman–Crippen LogP) is 4.92. The van der Waals surface area contributed by atoms with Gasteiger partial charge in [0, 0.05) is 30.1 Å². The number of hydrogen-bond donors (Lipinski definition) is 3. The van der Waals surface area contributed by atoms with Gasteiger partial charge in [-0.05, 0) is 63.6 Å². The number of rotatable bonds is 5. The van der Waals surface area contributed by atoms with Crippen molar-refractivity contribution in [2.45, 2.75) is 37.3 Å². The van der Waals surface area contributed by atoms with Gasteiger partial charge >= 0.3 is 0 Å². The Morgan fingerprint density at radius 1 is 1.26 bits per heavy atom. The largest absolute Gasteiger partial charge is 0.507 e. The Hall–Kier alpha value is -3.96. The van der Waals surface area contributed by atoms with Gasteiger partial charge in [-0.15, -0.1) is 0 Å². The van der Waals surface area contributed by atoms with Gasteiger partial charge in [-0.2, -0.15) is 0 Å². The molecule has 3 aromatic rings. The standard InChI is InChI=1S/C30H30ClF2N5O4/c1-3-21(40)38-12-9-30(10-13-38)29(41)35-27-26(36-30)17-14-18(31)22(23-19(32)7-4-8-20(23)39)24(33)25(17)34-28(27)42-15-16-6-5-11-37(16)2/h3-4,7-8,14,16,36,39H,1,5-6,9-13,15H2,2H3,(H,35,41). The van der Waals surface area contributed by atoms with E-state index in [1.807, 2.05) is 7.05 Å². The fourth-order valence-electron chi connectivity index (χ4n) is 6.13. The number of ether oxygens (including phenoxy) is 1. The number of phenolic OH excluding ortho intramolecular Hbond substituents is 1. The first-order chi connectivity index (χ1) is 20.1. The van der Waals surface area contributed by atoms with E-state index in [4.69, 9.17) is 16.3 Å².